The molecule has 2 aromatic rings. The van der Waals surface area contributed by atoms with Crippen molar-refractivity contribution >= 4 is 29.2 Å². The van der Waals surface area contributed by atoms with Crippen LogP contribution in [0.5, 0.6) is 0 Å². The van der Waals surface area contributed by atoms with Gasteiger partial charge in [0.1, 0.15) is 0 Å². The first-order valence-electron chi connectivity index (χ1n) is 7.38. The van der Waals surface area contributed by atoms with Crippen molar-refractivity contribution in [3.05, 3.63) is 63.4 Å². The molecule has 1 unspecified atom stereocenters. The predicted octanol–water partition coefficient (Wildman–Crippen LogP) is 3.90. The minimum atomic E-state index is -0.0546. The number of benzene rings is 1. The summed E-state index contributed by atoms with van der Waals surface area (Å²) in [4.78, 5) is 8.67. The molecule has 6 heteroatoms. The summed E-state index contributed by atoms with van der Waals surface area (Å²) in [7, 11) is 0. The number of guanidine groups is 1. The van der Waals surface area contributed by atoms with Gasteiger partial charge in [-0.05, 0) is 43.2 Å². The molecule has 1 aromatic heterocycles. The van der Waals surface area contributed by atoms with Crippen molar-refractivity contribution in [2.45, 2.75) is 26.3 Å². The van der Waals surface area contributed by atoms with Crippen molar-refractivity contribution in [1.29, 1.82) is 0 Å². The number of nitrogens with one attached hydrogen (secondary N) is 1. The molecule has 0 aliphatic rings. The third kappa shape index (κ3) is 5.41. The van der Waals surface area contributed by atoms with E-state index in [0.717, 1.165) is 23.2 Å². The zero-order chi connectivity index (χ0) is 16.8. The minimum absolute atomic E-state index is 0.0546. The molecule has 0 saturated heterocycles. The normalized spacial score (nSPS) is 13.0. The lowest BCUT2D eigenvalue weighted by molar-refractivity contribution is 0.707. The predicted molar refractivity (Wildman–Crippen MR) is 97.2 cm³/mol. The second-order valence-electron chi connectivity index (χ2n) is 5.38. The molecule has 0 amide bonds. The molecule has 0 aliphatic carbocycles. The molecule has 4 nitrogen and oxygen atoms in total. The van der Waals surface area contributed by atoms with E-state index < -0.39 is 0 Å². The molecule has 23 heavy (non-hydrogen) atoms. The Morgan fingerprint density at radius 2 is 2.09 bits per heavy atom. The van der Waals surface area contributed by atoms with Crippen LogP contribution in [0.15, 0.2) is 41.5 Å². The summed E-state index contributed by atoms with van der Waals surface area (Å²) in [6.45, 7) is 4.56. The Balaban J connectivity index is 1.89. The van der Waals surface area contributed by atoms with Crippen LogP contribution in [0.2, 0.25) is 10.0 Å². The van der Waals surface area contributed by atoms with Crippen LogP contribution in [-0.2, 0) is 6.42 Å². The summed E-state index contributed by atoms with van der Waals surface area (Å²) in [6, 6.07) is 9.39. The van der Waals surface area contributed by atoms with E-state index in [1.54, 1.807) is 12.1 Å². The Hall–Kier alpha value is -1.78. The Labute approximate surface area is 146 Å². The highest BCUT2D eigenvalue weighted by atomic mass is 35.5. The fourth-order valence-corrected chi connectivity index (χ4v) is 2.71. The number of rotatable bonds is 5. The van der Waals surface area contributed by atoms with Gasteiger partial charge in [-0.2, -0.15) is 0 Å². The van der Waals surface area contributed by atoms with Gasteiger partial charge >= 0.3 is 0 Å². The standard InChI is InChI=1S/C17H20Cl2N4/c1-11-3-5-14(22-10-11)7-8-21-17(20)23-12(2)15-6-4-13(18)9-16(15)19/h3-6,9-10,12H,7-8H2,1-2H3,(H3,20,21,23). The number of halogens is 2. The zero-order valence-corrected chi connectivity index (χ0v) is 14.7. The number of hydrogen-bond donors (Lipinski definition) is 2. The smallest absolute Gasteiger partial charge is 0.189 e. The summed E-state index contributed by atoms with van der Waals surface area (Å²) in [6.07, 6.45) is 2.60. The van der Waals surface area contributed by atoms with Crippen LogP contribution in [0.1, 0.15) is 29.8 Å². The highest BCUT2D eigenvalue weighted by Crippen LogP contribution is 2.25. The maximum absolute atomic E-state index is 6.19. The second kappa shape index (κ2) is 8.18. The molecule has 0 spiro atoms. The third-order valence-electron chi connectivity index (χ3n) is 3.42. The van der Waals surface area contributed by atoms with Crippen LogP contribution in [0.3, 0.4) is 0 Å². The number of pyridine rings is 1. The van der Waals surface area contributed by atoms with Crippen molar-refractivity contribution in [3.8, 4) is 0 Å². The van der Waals surface area contributed by atoms with Gasteiger partial charge in [0.25, 0.3) is 0 Å². The molecule has 0 radical (unpaired) electrons. The Bertz CT molecular complexity index is 683. The number of nitrogens with two attached hydrogens (primary N) is 1. The van der Waals surface area contributed by atoms with Gasteiger partial charge in [0.2, 0.25) is 0 Å². The highest BCUT2D eigenvalue weighted by molar-refractivity contribution is 6.35. The van der Waals surface area contributed by atoms with Gasteiger partial charge in [-0.1, -0.05) is 35.3 Å². The minimum Gasteiger partial charge on any atom is -0.370 e. The first-order valence-corrected chi connectivity index (χ1v) is 8.14. The zero-order valence-electron chi connectivity index (χ0n) is 13.2. The van der Waals surface area contributed by atoms with E-state index >= 15 is 0 Å². The molecule has 1 aromatic carbocycles. The Kier molecular flexibility index (Phi) is 6.25. The summed E-state index contributed by atoms with van der Waals surface area (Å²) in [5.74, 6) is 0.385. The first-order chi connectivity index (χ1) is 11.0. The van der Waals surface area contributed by atoms with E-state index in [2.05, 4.69) is 15.3 Å². The molecular weight excluding hydrogens is 331 g/mol. The first kappa shape index (κ1) is 17.6. The quantitative estimate of drug-likeness (QED) is 0.634. The topological polar surface area (TPSA) is 63.3 Å². The van der Waals surface area contributed by atoms with Crippen molar-refractivity contribution < 1.29 is 0 Å². The van der Waals surface area contributed by atoms with E-state index in [-0.39, 0.29) is 6.04 Å². The summed E-state index contributed by atoms with van der Waals surface area (Å²) in [5, 5.41) is 4.35. The summed E-state index contributed by atoms with van der Waals surface area (Å²) < 4.78 is 0. The van der Waals surface area contributed by atoms with Crippen molar-refractivity contribution in [3.63, 3.8) is 0 Å². The molecule has 122 valence electrons. The third-order valence-corrected chi connectivity index (χ3v) is 3.98. The van der Waals surface area contributed by atoms with Gasteiger partial charge in [0.05, 0.1) is 6.04 Å². The molecule has 0 saturated carbocycles. The molecule has 0 aliphatic heterocycles. The molecule has 1 atom stereocenters. The number of aryl methyl sites for hydroxylation is 1. The number of aromatic nitrogens is 1. The molecule has 0 fully saturated rings. The SMILES string of the molecule is Cc1ccc(CCN=C(N)NC(C)c2ccc(Cl)cc2Cl)nc1. The van der Waals surface area contributed by atoms with Crippen LogP contribution in [0, 0.1) is 6.92 Å². The van der Waals surface area contributed by atoms with Crippen LogP contribution >= 0.6 is 23.2 Å². The molecular formula is C17H20Cl2N4. The molecule has 2 rings (SSSR count). The number of hydrogen-bond acceptors (Lipinski definition) is 2. The lowest BCUT2D eigenvalue weighted by Gasteiger charge is -2.16. The van der Waals surface area contributed by atoms with Crippen LogP contribution < -0.4 is 11.1 Å². The van der Waals surface area contributed by atoms with Crippen LogP contribution in [0.25, 0.3) is 0 Å². The van der Waals surface area contributed by atoms with Crippen molar-refractivity contribution in [2.75, 3.05) is 6.54 Å². The van der Waals surface area contributed by atoms with E-state index in [1.165, 1.54) is 0 Å². The Morgan fingerprint density at radius 1 is 1.30 bits per heavy atom. The van der Waals surface area contributed by atoms with Gasteiger partial charge in [0, 0.05) is 34.9 Å². The fraction of sp³-hybridized carbons (Fsp3) is 0.294. The average Bonchev–Trinajstić information content (AvgIpc) is 2.49. The monoisotopic (exact) mass is 350 g/mol. The Morgan fingerprint density at radius 3 is 2.74 bits per heavy atom. The largest absolute Gasteiger partial charge is 0.370 e. The summed E-state index contributed by atoms with van der Waals surface area (Å²) in [5.41, 5.74) is 9.00. The van der Waals surface area contributed by atoms with Gasteiger partial charge in [-0.15, -0.1) is 0 Å². The van der Waals surface area contributed by atoms with Gasteiger partial charge < -0.3 is 11.1 Å². The van der Waals surface area contributed by atoms with E-state index in [9.17, 15) is 0 Å². The van der Waals surface area contributed by atoms with E-state index in [0.29, 0.717) is 22.5 Å². The van der Waals surface area contributed by atoms with Crippen LogP contribution in [0.4, 0.5) is 0 Å². The fourth-order valence-electron chi connectivity index (χ4n) is 2.14. The second-order valence-corrected chi connectivity index (χ2v) is 6.22. The lowest BCUT2D eigenvalue weighted by atomic mass is 10.1. The van der Waals surface area contributed by atoms with Gasteiger partial charge in [0.15, 0.2) is 5.96 Å². The van der Waals surface area contributed by atoms with Gasteiger partial charge in [-0.25, -0.2) is 0 Å². The molecule has 3 N–H and O–H groups in total. The molecule has 1 heterocycles. The van der Waals surface area contributed by atoms with Crippen LogP contribution in [-0.4, -0.2) is 17.5 Å². The van der Waals surface area contributed by atoms with E-state index in [4.69, 9.17) is 28.9 Å². The van der Waals surface area contributed by atoms with Crippen molar-refractivity contribution in [1.82, 2.24) is 10.3 Å². The number of nitrogens with zero attached hydrogens (tertiary/aromatic N) is 2. The lowest BCUT2D eigenvalue weighted by Crippen LogP contribution is -2.34. The van der Waals surface area contributed by atoms with Gasteiger partial charge in [-0.3, -0.25) is 9.98 Å². The van der Waals surface area contributed by atoms with Crippen molar-refractivity contribution in [2.24, 2.45) is 10.7 Å². The summed E-state index contributed by atoms with van der Waals surface area (Å²) >= 11 is 12.1. The number of aliphatic imine (C=N–C) groups is 1. The maximum atomic E-state index is 6.19. The maximum Gasteiger partial charge on any atom is 0.189 e. The molecule has 0 bridgehead atoms. The van der Waals surface area contributed by atoms with E-state index in [1.807, 2.05) is 38.2 Å². The average molecular weight is 351 g/mol. The highest BCUT2D eigenvalue weighted by Gasteiger charge is 2.10.